The Morgan fingerprint density at radius 1 is 1.25 bits per heavy atom. The van der Waals surface area contributed by atoms with E-state index < -0.39 is 23.6 Å². The van der Waals surface area contributed by atoms with Crippen LogP contribution in [0.5, 0.6) is 11.8 Å². The van der Waals surface area contributed by atoms with Crippen molar-refractivity contribution in [2.24, 2.45) is 7.05 Å². The van der Waals surface area contributed by atoms with Crippen molar-refractivity contribution in [3.05, 3.63) is 59.4 Å². The molecule has 0 saturated carbocycles. The lowest BCUT2D eigenvalue weighted by Gasteiger charge is -2.08. The molecule has 28 heavy (non-hydrogen) atoms. The van der Waals surface area contributed by atoms with Gasteiger partial charge < -0.3 is 10.1 Å². The van der Waals surface area contributed by atoms with Crippen molar-refractivity contribution in [3.63, 3.8) is 0 Å². The Bertz CT molecular complexity index is 1030. The van der Waals surface area contributed by atoms with Gasteiger partial charge in [0.05, 0.1) is 18.1 Å². The molecule has 0 atom stereocenters. The molecule has 1 N–H and O–H groups in total. The van der Waals surface area contributed by atoms with Gasteiger partial charge in [0.15, 0.2) is 11.4 Å². The van der Waals surface area contributed by atoms with Gasteiger partial charge in [-0.1, -0.05) is 12.1 Å². The van der Waals surface area contributed by atoms with Crippen LogP contribution in [0.2, 0.25) is 0 Å². The second-order valence-electron chi connectivity index (χ2n) is 5.72. The van der Waals surface area contributed by atoms with Crippen LogP contribution in [0.1, 0.15) is 21.7 Å². The minimum atomic E-state index is -4.63. The average molecular weight is 395 g/mol. The van der Waals surface area contributed by atoms with Gasteiger partial charge in [0.1, 0.15) is 5.82 Å². The minimum absolute atomic E-state index is 0.0421. The Hall–Kier alpha value is -3.50. The van der Waals surface area contributed by atoms with E-state index in [1.165, 1.54) is 13.1 Å². The van der Waals surface area contributed by atoms with E-state index in [9.17, 15) is 22.4 Å². The molecule has 0 fully saturated rings. The third kappa shape index (κ3) is 4.08. The van der Waals surface area contributed by atoms with Crippen LogP contribution in [0.15, 0.2) is 36.7 Å². The molecule has 0 aliphatic rings. The molecule has 1 amide bonds. The minimum Gasteiger partial charge on any atom is -0.419 e. The summed E-state index contributed by atoms with van der Waals surface area (Å²) in [5.74, 6) is -1.83. The molecule has 2 aromatic heterocycles. The zero-order chi connectivity index (χ0) is 20.5. The van der Waals surface area contributed by atoms with Crippen LogP contribution in [0, 0.1) is 12.7 Å². The number of halogens is 4. The van der Waals surface area contributed by atoms with E-state index in [0.717, 1.165) is 17.1 Å². The molecule has 0 spiro atoms. The van der Waals surface area contributed by atoms with Crippen LogP contribution < -0.4 is 10.1 Å². The Kier molecular flexibility index (Phi) is 4.99. The number of ether oxygens (including phenoxy) is 1. The predicted molar refractivity (Wildman–Crippen MR) is 89.4 cm³/mol. The second-order valence-corrected chi connectivity index (χ2v) is 5.72. The summed E-state index contributed by atoms with van der Waals surface area (Å²) >= 11 is 0. The lowest BCUT2D eigenvalue weighted by molar-refractivity contribution is -0.141. The van der Waals surface area contributed by atoms with Gasteiger partial charge in [0.25, 0.3) is 5.91 Å². The van der Waals surface area contributed by atoms with E-state index in [2.05, 4.69) is 20.4 Å². The third-order valence-corrected chi connectivity index (χ3v) is 3.62. The summed E-state index contributed by atoms with van der Waals surface area (Å²) in [6.07, 6.45) is -2.41. The lowest BCUT2D eigenvalue weighted by atomic mass is 10.2. The number of aromatic nitrogens is 4. The van der Waals surface area contributed by atoms with E-state index >= 15 is 0 Å². The van der Waals surface area contributed by atoms with Gasteiger partial charge in [-0.3, -0.25) is 9.78 Å². The summed E-state index contributed by atoms with van der Waals surface area (Å²) in [4.78, 5) is 19.9. The SMILES string of the molecule is Cc1cccc(NC(=O)c2cncc(Oc3cc(C(F)(F)F)nn3C)n2)c1F. The highest BCUT2D eigenvalue weighted by molar-refractivity contribution is 6.02. The molecule has 0 saturated heterocycles. The van der Waals surface area contributed by atoms with E-state index in [-0.39, 0.29) is 23.1 Å². The van der Waals surface area contributed by atoms with Crippen molar-refractivity contribution in [2.75, 3.05) is 5.32 Å². The fourth-order valence-corrected chi connectivity index (χ4v) is 2.23. The van der Waals surface area contributed by atoms with Crippen molar-refractivity contribution in [1.29, 1.82) is 0 Å². The second kappa shape index (κ2) is 7.25. The number of carbonyl (C=O) groups excluding carboxylic acids is 1. The van der Waals surface area contributed by atoms with Gasteiger partial charge in [-0.05, 0) is 18.6 Å². The first kappa shape index (κ1) is 19.3. The number of amides is 1. The van der Waals surface area contributed by atoms with Gasteiger partial charge in [0.2, 0.25) is 11.8 Å². The van der Waals surface area contributed by atoms with Gasteiger partial charge in [-0.2, -0.15) is 18.3 Å². The summed E-state index contributed by atoms with van der Waals surface area (Å²) in [6.45, 7) is 1.54. The van der Waals surface area contributed by atoms with Crippen molar-refractivity contribution in [1.82, 2.24) is 19.7 Å². The number of hydrogen-bond donors (Lipinski definition) is 1. The standard InChI is InChI=1S/C17H13F4N5O2/c1-9-4-3-5-10(15(9)18)24-16(27)11-7-22-8-13(23-11)28-14-6-12(17(19,20)21)25-26(14)2/h3-8H,1-2H3,(H,24,27). The maximum atomic E-state index is 14.0. The van der Waals surface area contributed by atoms with Crippen molar-refractivity contribution in [3.8, 4) is 11.8 Å². The molecule has 1 aromatic carbocycles. The monoisotopic (exact) mass is 395 g/mol. The Morgan fingerprint density at radius 3 is 2.68 bits per heavy atom. The number of anilines is 1. The quantitative estimate of drug-likeness (QED) is 0.681. The highest BCUT2D eigenvalue weighted by Crippen LogP contribution is 2.31. The lowest BCUT2D eigenvalue weighted by Crippen LogP contribution is -2.15. The first-order valence-electron chi connectivity index (χ1n) is 7.83. The maximum absolute atomic E-state index is 14.0. The van der Waals surface area contributed by atoms with Crippen molar-refractivity contribution < 1.29 is 27.1 Å². The van der Waals surface area contributed by atoms with Gasteiger partial charge in [-0.15, -0.1) is 0 Å². The normalized spacial score (nSPS) is 11.4. The van der Waals surface area contributed by atoms with Crippen molar-refractivity contribution in [2.45, 2.75) is 13.1 Å². The van der Waals surface area contributed by atoms with E-state index in [1.807, 2.05) is 0 Å². The summed E-state index contributed by atoms with van der Waals surface area (Å²) < 4.78 is 58.3. The number of rotatable bonds is 4. The highest BCUT2D eigenvalue weighted by Gasteiger charge is 2.35. The molecule has 146 valence electrons. The van der Waals surface area contributed by atoms with Crippen LogP contribution in [0.4, 0.5) is 23.2 Å². The molecular weight excluding hydrogens is 382 g/mol. The van der Waals surface area contributed by atoms with Crippen molar-refractivity contribution >= 4 is 11.6 Å². The zero-order valence-corrected chi connectivity index (χ0v) is 14.6. The number of benzene rings is 1. The zero-order valence-electron chi connectivity index (χ0n) is 14.6. The molecule has 3 rings (SSSR count). The number of nitrogens with one attached hydrogen (secondary N) is 1. The highest BCUT2D eigenvalue weighted by atomic mass is 19.4. The third-order valence-electron chi connectivity index (χ3n) is 3.62. The van der Waals surface area contributed by atoms with Crippen LogP contribution in [-0.4, -0.2) is 25.7 Å². The molecule has 0 unspecified atom stereocenters. The van der Waals surface area contributed by atoms with E-state index in [4.69, 9.17) is 4.74 Å². The molecule has 0 aliphatic heterocycles. The number of alkyl halides is 3. The summed E-state index contributed by atoms with van der Waals surface area (Å²) in [6, 6.07) is 5.18. The molecular formula is C17H13F4N5O2. The molecule has 0 radical (unpaired) electrons. The van der Waals surface area contributed by atoms with E-state index in [1.54, 1.807) is 19.1 Å². The van der Waals surface area contributed by atoms with E-state index in [0.29, 0.717) is 11.6 Å². The molecule has 3 aromatic rings. The van der Waals surface area contributed by atoms with Gasteiger partial charge >= 0.3 is 6.18 Å². The first-order valence-corrected chi connectivity index (χ1v) is 7.83. The topological polar surface area (TPSA) is 81.9 Å². The molecule has 0 aliphatic carbocycles. The fourth-order valence-electron chi connectivity index (χ4n) is 2.23. The maximum Gasteiger partial charge on any atom is 0.435 e. The molecule has 7 nitrogen and oxygen atoms in total. The largest absolute Gasteiger partial charge is 0.435 e. The fraction of sp³-hybridized carbons (Fsp3) is 0.176. The van der Waals surface area contributed by atoms with Crippen LogP contribution in [0.25, 0.3) is 0 Å². The molecule has 11 heteroatoms. The average Bonchev–Trinajstić information content (AvgIpc) is 3.00. The number of aryl methyl sites for hydroxylation is 2. The Balaban J connectivity index is 1.80. The number of hydrogen-bond acceptors (Lipinski definition) is 5. The van der Waals surface area contributed by atoms with Crippen LogP contribution >= 0.6 is 0 Å². The Labute approximate surface area is 156 Å². The summed E-state index contributed by atoms with van der Waals surface area (Å²) in [7, 11) is 1.26. The Morgan fingerprint density at radius 2 is 2.00 bits per heavy atom. The smallest absolute Gasteiger partial charge is 0.419 e. The van der Waals surface area contributed by atoms with Crippen LogP contribution in [0.3, 0.4) is 0 Å². The molecule has 0 bridgehead atoms. The number of carbonyl (C=O) groups is 1. The van der Waals surface area contributed by atoms with Crippen LogP contribution in [-0.2, 0) is 13.2 Å². The first-order chi connectivity index (χ1) is 13.1. The number of nitrogens with zero attached hydrogens (tertiary/aromatic N) is 4. The molecule has 2 heterocycles. The van der Waals surface area contributed by atoms with Gasteiger partial charge in [-0.25, -0.2) is 14.1 Å². The predicted octanol–water partition coefficient (Wildman–Crippen LogP) is 3.72. The van der Waals surface area contributed by atoms with Gasteiger partial charge in [0, 0.05) is 13.1 Å². The summed E-state index contributed by atoms with van der Waals surface area (Å²) in [5.41, 5.74) is -1.05. The summed E-state index contributed by atoms with van der Waals surface area (Å²) in [5, 5.41) is 5.66.